The number of hydrogen-bond donors (Lipinski definition) is 5. The first kappa shape index (κ1) is 23.4. The van der Waals surface area contributed by atoms with Gasteiger partial charge in [-0.2, -0.15) is 8.42 Å². The second-order valence-corrected chi connectivity index (χ2v) is 10.3. The highest BCUT2D eigenvalue weighted by molar-refractivity contribution is 9.10. The van der Waals surface area contributed by atoms with Gasteiger partial charge in [0.1, 0.15) is 6.54 Å². The lowest BCUT2D eigenvalue weighted by Crippen LogP contribution is -2.40. The normalized spacial score (nSPS) is 30.6. The van der Waals surface area contributed by atoms with Gasteiger partial charge in [0.2, 0.25) is 0 Å². The van der Waals surface area contributed by atoms with Gasteiger partial charge >= 0.3 is 5.97 Å². The topological polar surface area (TPSA) is 161 Å². The molecule has 2 aliphatic carbocycles. The minimum absolute atomic E-state index is 0.00641. The van der Waals surface area contributed by atoms with E-state index in [9.17, 15) is 18.0 Å². The number of carbonyl (C=O) groups excluding carboxylic acids is 1. The summed E-state index contributed by atoms with van der Waals surface area (Å²) in [6, 6.07) is 4.00. The number of halogens is 1. The third kappa shape index (κ3) is 4.67. The number of benzene rings is 1. The van der Waals surface area contributed by atoms with Crippen LogP contribution in [0.25, 0.3) is 0 Å². The van der Waals surface area contributed by atoms with Gasteiger partial charge in [-0.1, -0.05) is 29.8 Å². The summed E-state index contributed by atoms with van der Waals surface area (Å²) >= 11 is 3.35. The predicted molar refractivity (Wildman–Crippen MR) is 109 cm³/mol. The molecule has 0 heterocycles. The van der Waals surface area contributed by atoms with Crippen molar-refractivity contribution < 1.29 is 37.9 Å². The molecular weight excluding hydrogens is 470 g/mol. The number of hydrogen-bond acceptors (Lipinski definition) is 7. The number of carbonyl (C=O) groups is 2. The van der Waals surface area contributed by atoms with Crippen molar-refractivity contribution in [3.05, 3.63) is 18.2 Å². The molecule has 1 aromatic carbocycles. The van der Waals surface area contributed by atoms with E-state index in [4.69, 9.17) is 19.9 Å². The molecular formula is C18H24BrNO8S. The lowest BCUT2D eigenvalue weighted by Gasteiger charge is -2.35. The van der Waals surface area contributed by atoms with E-state index in [1.165, 1.54) is 18.2 Å². The third-order valence-corrected chi connectivity index (χ3v) is 8.10. The van der Waals surface area contributed by atoms with Crippen LogP contribution in [-0.4, -0.2) is 57.2 Å². The van der Waals surface area contributed by atoms with Gasteiger partial charge in [0.15, 0.2) is 17.3 Å². The predicted octanol–water partition coefficient (Wildman–Crippen LogP) is 2.24. The molecule has 4 unspecified atom stereocenters. The van der Waals surface area contributed by atoms with E-state index >= 15 is 0 Å². The zero-order chi connectivity index (χ0) is 22.2. The fraction of sp³-hybridized carbons (Fsp3) is 0.556. The van der Waals surface area contributed by atoms with Crippen molar-refractivity contribution in [3.8, 4) is 11.5 Å². The lowest BCUT2D eigenvalue weighted by atomic mass is 9.70. The number of fused-ring (bicyclic) bond motifs is 2. The van der Waals surface area contributed by atoms with Gasteiger partial charge in [-0.25, -0.2) is 0 Å². The molecule has 1 aromatic rings. The smallest absolute Gasteiger partial charge is 0.322 e. The molecule has 3 rings (SSSR count). The van der Waals surface area contributed by atoms with Crippen LogP contribution in [0.1, 0.15) is 26.7 Å². The molecule has 0 amide bonds. The average molecular weight is 494 g/mol. The van der Waals surface area contributed by atoms with Crippen molar-refractivity contribution in [1.29, 1.82) is 0 Å². The van der Waals surface area contributed by atoms with Crippen LogP contribution in [-0.2, 0) is 19.7 Å². The van der Waals surface area contributed by atoms with Gasteiger partial charge in [-0.15, -0.1) is 0 Å². The average Bonchev–Trinajstić information content (AvgIpc) is 2.91. The van der Waals surface area contributed by atoms with Crippen LogP contribution in [0, 0.1) is 16.7 Å². The standard InChI is InChI=1S/C10H15BrO4S.C8H9NO4/c1-9-4-3-6(7(11)8(9)12)10(9,2)5-16(13,14)15;10-6-2-1-5(3-7(6)11)9-4-8(12)13/h6-7H,3-5H2,1-2H3,(H,13,14,15);1-3,9-11H,4H2,(H,12,13). The van der Waals surface area contributed by atoms with Crippen molar-refractivity contribution in [2.24, 2.45) is 16.7 Å². The largest absolute Gasteiger partial charge is 0.504 e. The minimum atomic E-state index is -4.05. The van der Waals surface area contributed by atoms with Crippen molar-refractivity contribution in [3.63, 3.8) is 0 Å². The summed E-state index contributed by atoms with van der Waals surface area (Å²) < 4.78 is 31.2. The van der Waals surface area contributed by atoms with Crippen LogP contribution in [0.15, 0.2) is 18.2 Å². The quantitative estimate of drug-likeness (QED) is 0.179. The summed E-state index contributed by atoms with van der Waals surface area (Å²) in [6.07, 6.45) is 1.55. The molecule has 162 valence electrons. The van der Waals surface area contributed by atoms with Crippen LogP contribution in [0.4, 0.5) is 5.69 Å². The van der Waals surface area contributed by atoms with Crippen LogP contribution >= 0.6 is 15.9 Å². The SMILES string of the molecule is CC12CCC(C(Br)C1=O)C2(C)CS(=O)(=O)O.O=C(O)CNc1ccc(O)c(O)c1. The fourth-order valence-electron chi connectivity index (χ4n) is 4.27. The number of rotatable bonds is 5. The highest BCUT2D eigenvalue weighted by Crippen LogP contribution is 2.65. The van der Waals surface area contributed by atoms with Gasteiger partial charge in [-0.3, -0.25) is 14.1 Å². The zero-order valence-corrected chi connectivity index (χ0v) is 18.3. The molecule has 0 aliphatic heterocycles. The molecule has 0 spiro atoms. The number of aromatic hydroxyl groups is 2. The number of Topliss-reactive ketones (excluding diaryl/α,β-unsaturated/α-hetero) is 1. The Hall–Kier alpha value is -1.85. The summed E-state index contributed by atoms with van der Waals surface area (Å²) in [5.41, 5.74) is -0.828. The molecule has 0 radical (unpaired) electrons. The maximum Gasteiger partial charge on any atom is 0.322 e. The zero-order valence-electron chi connectivity index (χ0n) is 15.9. The third-order valence-electron chi connectivity index (χ3n) is 6.08. The molecule has 0 saturated heterocycles. The van der Waals surface area contributed by atoms with E-state index in [0.717, 1.165) is 6.42 Å². The number of ketones is 1. The second-order valence-electron chi connectivity index (χ2n) is 7.84. The van der Waals surface area contributed by atoms with Gasteiger partial charge in [0.05, 0.1) is 10.6 Å². The van der Waals surface area contributed by atoms with Crippen molar-refractivity contribution in [1.82, 2.24) is 0 Å². The number of aliphatic carboxylic acids is 1. The van der Waals surface area contributed by atoms with Gasteiger partial charge in [-0.05, 0) is 30.9 Å². The van der Waals surface area contributed by atoms with Gasteiger partial charge in [0, 0.05) is 22.6 Å². The number of carboxylic acids is 1. The molecule has 2 saturated carbocycles. The highest BCUT2D eigenvalue weighted by atomic mass is 79.9. The Labute approximate surface area is 177 Å². The van der Waals surface area contributed by atoms with Crippen molar-refractivity contribution in [2.45, 2.75) is 31.5 Å². The monoisotopic (exact) mass is 493 g/mol. The fourth-order valence-corrected chi connectivity index (χ4v) is 6.92. The number of phenolic OH excluding ortho intramolecular Hbond substituents is 2. The van der Waals surface area contributed by atoms with E-state index < -0.39 is 26.9 Å². The van der Waals surface area contributed by atoms with Crippen LogP contribution < -0.4 is 5.32 Å². The number of phenols is 2. The summed E-state index contributed by atoms with van der Waals surface area (Å²) in [7, 11) is -4.05. The molecule has 5 N–H and O–H groups in total. The van der Waals surface area contributed by atoms with E-state index in [1.54, 1.807) is 6.92 Å². The molecule has 29 heavy (non-hydrogen) atoms. The minimum Gasteiger partial charge on any atom is -0.504 e. The Bertz CT molecular complexity index is 920. The first-order valence-corrected chi connectivity index (χ1v) is 11.3. The number of alkyl halides is 1. The number of nitrogens with one attached hydrogen (secondary N) is 1. The maximum atomic E-state index is 12.1. The van der Waals surface area contributed by atoms with Crippen LogP contribution in [0.3, 0.4) is 0 Å². The van der Waals surface area contributed by atoms with Crippen molar-refractivity contribution >= 4 is 43.5 Å². The maximum absolute atomic E-state index is 12.1. The Kier molecular flexibility index (Phi) is 6.56. The van der Waals surface area contributed by atoms with E-state index in [0.29, 0.717) is 12.1 Å². The summed E-state index contributed by atoms with van der Waals surface area (Å²) in [5, 5.41) is 28.8. The lowest BCUT2D eigenvalue weighted by molar-refractivity contribution is -0.135. The first-order chi connectivity index (χ1) is 13.2. The molecule has 2 aliphatic rings. The Morgan fingerprint density at radius 1 is 1.28 bits per heavy atom. The Morgan fingerprint density at radius 3 is 2.34 bits per heavy atom. The van der Waals surface area contributed by atoms with Crippen molar-refractivity contribution in [2.75, 3.05) is 17.6 Å². The number of carboxylic acid groups (broad SMARTS) is 1. The highest BCUT2D eigenvalue weighted by Gasteiger charge is 2.68. The molecule has 0 aromatic heterocycles. The molecule has 4 atom stereocenters. The van der Waals surface area contributed by atoms with Gasteiger partial charge < -0.3 is 20.6 Å². The Morgan fingerprint density at radius 2 is 1.90 bits per heavy atom. The first-order valence-electron chi connectivity index (χ1n) is 8.82. The van der Waals surface area contributed by atoms with Crippen LogP contribution in [0.5, 0.6) is 11.5 Å². The van der Waals surface area contributed by atoms with E-state index in [1.807, 2.05) is 6.92 Å². The summed E-state index contributed by atoms with van der Waals surface area (Å²) in [6.45, 7) is 3.39. The molecule has 11 heteroatoms. The number of anilines is 1. The molecule has 2 fully saturated rings. The Balaban J connectivity index is 0.000000212. The van der Waals surface area contributed by atoms with Crippen LogP contribution in [0.2, 0.25) is 0 Å². The summed E-state index contributed by atoms with van der Waals surface area (Å²) in [5.74, 6) is -1.75. The second kappa shape index (κ2) is 8.11. The molecule has 2 bridgehead atoms. The van der Waals surface area contributed by atoms with E-state index in [-0.39, 0.29) is 40.3 Å². The van der Waals surface area contributed by atoms with Gasteiger partial charge in [0.25, 0.3) is 10.1 Å². The summed E-state index contributed by atoms with van der Waals surface area (Å²) in [4.78, 5) is 22.0. The van der Waals surface area contributed by atoms with E-state index in [2.05, 4.69) is 21.2 Å². The molecule has 9 nitrogen and oxygen atoms in total.